The van der Waals surface area contributed by atoms with E-state index >= 15 is 0 Å². The molecule has 0 rings (SSSR count). The predicted molar refractivity (Wildman–Crippen MR) is 124 cm³/mol. The van der Waals surface area contributed by atoms with E-state index in [1.807, 2.05) is 0 Å². The van der Waals surface area contributed by atoms with Gasteiger partial charge in [-0.3, -0.25) is 4.79 Å². The first-order chi connectivity index (χ1) is 13.5. The zero-order chi connectivity index (χ0) is 21.1. The number of carboxylic acids is 1. The van der Waals surface area contributed by atoms with Crippen molar-refractivity contribution in [2.75, 3.05) is 0 Å². The first-order valence-corrected chi connectivity index (χ1v) is 12.7. The average molecular weight is 397 g/mol. The molecule has 28 heavy (non-hydrogen) atoms. The topological polar surface area (TPSA) is 37.3 Å². The fourth-order valence-corrected chi connectivity index (χ4v) is 4.34. The van der Waals surface area contributed by atoms with Crippen LogP contribution >= 0.6 is 0 Å². The summed E-state index contributed by atoms with van der Waals surface area (Å²) in [6, 6.07) is 0. The number of carbonyl (C=O) groups is 1. The minimum atomic E-state index is -0.556. The molecule has 0 saturated heterocycles. The zero-order valence-corrected chi connectivity index (χ0v) is 19.9. The molecule has 0 aliphatic rings. The van der Waals surface area contributed by atoms with E-state index in [0.717, 1.165) is 38.0 Å². The maximum Gasteiger partial charge on any atom is 0.309 e. The molecule has 0 aliphatic heterocycles. The molecule has 2 heteroatoms. The summed E-state index contributed by atoms with van der Waals surface area (Å²) in [5.74, 6) is 0.305. The maximum absolute atomic E-state index is 11.9. The summed E-state index contributed by atoms with van der Waals surface area (Å²) in [7, 11) is 0. The van der Waals surface area contributed by atoms with Gasteiger partial charge in [0.2, 0.25) is 0 Å². The van der Waals surface area contributed by atoms with Crippen LogP contribution in [0.1, 0.15) is 150 Å². The monoisotopic (exact) mass is 396 g/mol. The Bertz CT molecular complexity index is 350. The molecule has 0 fully saturated rings. The minimum Gasteiger partial charge on any atom is -0.481 e. The average Bonchev–Trinajstić information content (AvgIpc) is 2.66. The molecule has 0 aromatic heterocycles. The van der Waals surface area contributed by atoms with Crippen molar-refractivity contribution < 1.29 is 9.90 Å². The Kier molecular flexibility index (Phi) is 18.1. The fraction of sp³-hybridized carbons (Fsp3) is 0.962. The van der Waals surface area contributed by atoms with E-state index in [0.29, 0.717) is 0 Å². The van der Waals surface area contributed by atoms with Crippen LogP contribution in [-0.2, 0) is 4.79 Å². The summed E-state index contributed by atoms with van der Waals surface area (Å²) in [5.41, 5.74) is -0.455. The standard InChI is InChI=1S/C26H52O2/c1-5-7-8-19-22-26(6-2,25(27)28)23-20-17-15-13-11-9-10-12-14-16-18-21-24(3)4/h24H,5-23H2,1-4H3,(H,27,28). The Morgan fingerprint density at radius 3 is 1.43 bits per heavy atom. The van der Waals surface area contributed by atoms with Gasteiger partial charge in [0.25, 0.3) is 0 Å². The van der Waals surface area contributed by atoms with Gasteiger partial charge in [0, 0.05) is 0 Å². The summed E-state index contributed by atoms with van der Waals surface area (Å²) in [4.78, 5) is 11.9. The Morgan fingerprint density at radius 2 is 1.07 bits per heavy atom. The number of aliphatic carboxylic acids is 1. The van der Waals surface area contributed by atoms with E-state index in [4.69, 9.17) is 0 Å². The molecule has 0 saturated carbocycles. The highest BCUT2D eigenvalue weighted by atomic mass is 16.4. The molecule has 0 aliphatic carbocycles. The molecular weight excluding hydrogens is 344 g/mol. The van der Waals surface area contributed by atoms with Crippen LogP contribution in [0.2, 0.25) is 0 Å². The quantitative estimate of drug-likeness (QED) is 0.196. The third-order valence-corrected chi connectivity index (χ3v) is 6.58. The Labute approximate surface area is 177 Å². The van der Waals surface area contributed by atoms with Crippen LogP contribution in [0.15, 0.2) is 0 Å². The largest absolute Gasteiger partial charge is 0.481 e. The molecule has 2 nitrogen and oxygen atoms in total. The van der Waals surface area contributed by atoms with E-state index in [2.05, 4.69) is 27.7 Å². The number of rotatable bonds is 21. The third kappa shape index (κ3) is 14.5. The molecule has 0 amide bonds. The first-order valence-electron chi connectivity index (χ1n) is 12.7. The van der Waals surface area contributed by atoms with Crippen LogP contribution in [0.3, 0.4) is 0 Å². The van der Waals surface area contributed by atoms with Crippen LogP contribution < -0.4 is 0 Å². The van der Waals surface area contributed by atoms with Gasteiger partial charge in [0.1, 0.15) is 0 Å². The zero-order valence-electron chi connectivity index (χ0n) is 19.9. The molecule has 1 atom stereocenters. The normalized spacial score (nSPS) is 13.8. The van der Waals surface area contributed by atoms with Crippen molar-refractivity contribution in [1.29, 1.82) is 0 Å². The highest BCUT2D eigenvalue weighted by Gasteiger charge is 2.35. The van der Waals surface area contributed by atoms with Gasteiger partial charge in [-0.25, -0.2) is 0 Å². The van der Waals surface area contributed by atoms with Gasteiger partial charge in [-0.1, -0.05) is 130 Å². The molecule has 1 unspecified atom stereocenters. The second kappa shape index (κ2) is 18.5. The molecule has 0 aromatic carbocycles. The third-order valence-electron chi connectivity index (χ3n) is 6.58. The van der Waals surface area contributed by atoms with E-state index in [9.17, 15) is 9.90 Å². The van der Waals surface area contributed by atoms with Crippen molar-refractivity contribution in [1.82, 2.24) is 0 Å². The van der Waals surface area contributed by atoms with Crippen molar-refractivity contribution in [3.63, 3.8) is 0 Å². The van der Waals surface area contributed by atoms with Gasteiger partial charge >= 0.3 is 5.97 Å². The number of hydrogen-bond donors (Lipinski definition) is 1. The molecule has 168 valence electrons. The lowest BCUT2D eigenvalue weighted by Crippen LogP contribution is -2.30. The molecule has 0 spiro atoms. The SMILES string of the molecule is CCCCCCC(CC)(CCCCCCCCCCCCCC(C)C)C(=O)O. The molecule has 0 heterocycles. The number of unbranched alkanes of at least 4 members (excludes halogenated alkanes) is 13. The summed E-state index contributed by atoms with van der Waals surface area (Å²) in [5, 5.41) is 9.78. The summed E-state index contributed by atoms with van der Waals surface area (Å²) < 4.78 is 0. The van der Waals surface area contributed by atoms with Gasteiger partial charge in [0.15, 0.2) is 0 Å². The van der Waals surface area contributed by atoms with Crippen molar-refractivity contribution in [3.05, 3.63) is 0 Å². The number of carboxylic acid groups (broad SMARTS) is 1. The van der Waals surface area contributed by atoms with Gasteiger partial charge in [0.05, 0.1) is 5.41 Å². The highest BCUT2D eigenvalue weighted by molar-refractivity contribution is 5.74. The van der Waals surface area contributed by atoms with E-state index in [1.165, 1.54) is 89.9 Å². The lowest BCUT2D eigenvalue weighted by Gasteiger charge is -2.28. The first kappa shape index (κ1) is 27.5. The van der Waals surface area contributed by atoms with Gasteiger partial charge < -0.3 is 5.11 Å². The highest BCUT2D eigenvalue weighted by Crippen LogP contribution is 2.35. The van der Waals surface area contributed by atoms with Gasteiger partial charge in [-0.2, -0.15) is 0 Å². The van der Waals surface area contributed by atoms with Crippen molar-refractivity contribution in [2.45, 2.75) is 150 Å². The van der Waals surface area contributed by atoms with Crippen molar-refractivity contribution in [3.8, 4) is 0 Å². The molecular formula is C26H52O2. The van der Waals surface area contributed by atoms with Gasteiger partial charge in [-0.15, -0.1) is 0 Å². The van der Waals surface area contributed by atoms with E-state index in [-0.39, 0.29) is 0 Å². The molecule has 0 aromatic rings. The summed E-state index contributed by atoms with van der Waals surface area (Å²) in [6.07, 6.45) is 23.3. The molecule has 0 radical (unpaired) electrons. The lowest BCUT2D eigenvalue weighted by molar-refractivity contribution is -0.150. The van der Waals surface area contributed by atoms with Crippen LogP contribution in [-0.4, -0.2) is 11.1 Å². The summed E-state index contributed by atoms with van der Waals surface area (Å²) in [6.45, 7) is 8.91. The van der Waals surface area contributed by atoms with Gasteiger partial charge in [-0.05, 0) is 25.2 Å². The number of hydrogen-bond acceptors (Lipinski definition) is 1. The molecule has 0 bridgehead atoms. The van der Waals surface area contributed by atoms with Crippen LogP contribution in [0.4, 0.5) is 0 Å². The van der Waals surface area contributed by atoms with Crippen LogP contribution in [0.25, 0.3) is 0 Å². The van der Waals surface area contributed by atoms with Crippen molar-refractivity contribution in [2.24, 2.45) is 11.3 Å². The Morgan fingerprint density at radius 1 is 0.679 bits per heavy atom. The second-order valence-corrected chi connectivity index (χ2v) is 9.57. The predicted octanol–water partition coefficient (Wildman–Crippen LogP) is 9.17. The van der Waals surface area contributed by atoms with E-state index in [1.54, 1.807) is 0 Å². The second-order valence-electron chi connectivity index (χ2n) is 9.57. The minimum absolute atomic E-state index is 0.455. The van der Waals surface area contributed by atoms with Crippen LogP contribution in [0, 0.1) is 11.3 Å². The fourth-order valence-electron chi connectivity index (χ4n) is 4.34. The van der Waals surface area contributed by atoms with Crippen LogP contribution in [0.5, 0.6) is 0 Å². The summed E-state index contributed by atoms with van der Waals surface area (Å²) >= 11 is 0. The molecule has 1 N–H and O–H groups in total. The maximum atomic E-state index is 11.9. The van der Waals surface area contributed by atoms with E-state index < -0.39 is 11.4 Å². The Hall–Kier alpha value is -0.530. The smallest absolute Gasteiger partial charge is 0.309 e. The Balaban J connectivity index is 3.67. The lowest BCUT2D eigenvalue weighted by atomic mass is 9.76. The van der Waals surface area contributed by atoms with Crippen molar-refractivity contribution >= 4 is 5.97 Å².